The molecular formula is C14H18N2O4. The van der Waals surface area contributed by atoms with Crippen LogP contribution in [0.3, 0.4) is 0 Å². The van der Waals surface area contributed by atoms with Crippen LogP contribution in [0.25, 0.3) is 0 Å². The van der Waals surface area contributed by atoms with Gasteiger partial charge in [-0.15, -0.1) is 0 Å². The second kappa shape index (κ2) is 6.36. The number of aryl methyl sites for hydroxylation is 1. The Hall–Kier alpha value is -2.11. The molecule has 1 saturated heterocycles. The number of amides is 3. The molecule has 0 aromatic carbocycles. The van der Waals surface area contributed by atoms with Gasteiger partial charge in [0.15, 0.2) is 0 Å². The van der Waals surface area contributed by atoms with Crippen LogP contribution in [0.4, 0.5) is 0 Å². The molecule has 1 aliphatic rings. The van der Waals surface area contributed by atoms with E-state index in [0.717, 1.165) is 16.4 Å². The predicted octanol–water partition coefficient (Wildman–Crippen LogP) is 0.786. The van der Waals surface area contributed by atoms with E-state index in [2.05, 4.69) is 5.32 Å². The van der Waals surface area contributed by atoms with E-state index in [9.17, 15) is 14.4 Å². The third-order valence-electron chi connectivity index (χ3n) is 3.21. The lowest BCUT2D eigenvalue weighted by atomic mass is 10.3. The van der Waals surface area contributed by atoms with Crippen molar-refractivity contribution < 1.29 is 18.8 Å². The second-order valence-corrected chi connectivity index (χ2v) is 4.80. The van der Waals surface area contributed by atoms with Gasteiger partial charge < -0.3 is 9.73 Å². The monoisotopic (exact) mass is 278 g/mol. The molecule has 2 heterocycles. The van der Waals surface area contributed by atoms with Gasteiger partial charge in [0.1, 0.15) is 11.5 Å². The molecule has 6 heteroatoms. The minimum Gasteiger partial charge on any atom is -0.466 e. The Morgan fingerprint density at radius 3 is 2.60 bits per heavy atom. The van der Waals surface area contributed by atoms with Crippen LogP contribution in [0.1, 0.15) is 30.8 Å². The summed E-state index contributed by atoms with van der Waals surface area (Å²) < 4.78 is 5.39. The molecule has 0 radical (unpaired) electrons. The lowest BCUT2D eigenvalue weighted by Gasteiger charge is -2.13. The van der Waals surface area contributed by atoms with Crippen molar-refractivity contribution in [3.8, 4) is 0 Å². The molecule has 6 nitrogen and oxygen atoms in total. The van der Waals surface area contributed by atoms with E-state index in [1.807, 2.05) is 19.1 Å². The van der Waals surface area contributed by atoms with Gasteiger partial charge in [0.05, 0.1) is 0 Å². The van der Waals surface area contributed by atoms with Crippen molar-refractivity contribution in [2.75, 3.05) is 13.1 Å². The summed E-state index contributed by atoms with van der Waals surface area (Å²) in [4.78, 5) is 35.5. The first-order valence-corrected chi connectivity index (χ1v) is 6.71. The Labute approximate surface area is 117 Å². The van der Waals surface area contributed by atoms with Gasteiger partial charge in [-0.3, -0.25) is 19.3 Å². The summed E-state index contributed by atoms with van der Waals surface area (Å²) in [6.45, 7) is 2.52. The second-order valence-electron chi connectivity index (χ2n) is 4.80. The summed E-state index contributed by atoms with van der Waals surface area (Å²) in [5.41, 5.74) is 0. The first kappa shape index (κ1) is 14.3. The van der Waals surface area contributed by atoms with Crippen LogP contribution in [0.5, 0.6) is 0 Å². The lowest BCUT2D eigenvalue weighted by Crippen LogP contribution is -2.34. The van der Waals surface area contributed by atoms with Gasteiger partial charge in [0, 0.05) is 38.8 Å². The van der Waals surface area contributed by atoms with Gasteiger partial charge in [-0.2, -0.15) is 0 Å². The van der Waals surface area contributed by atoms with Crippen molar-refractivity contribution >= 4 is 17.7 Å². The van der Waals surface area contributed by atoms with Crippen LogP contribution in [0.15, 0.2) is 16.5 Å². The number of hydrogen-bond donors (Lipinski definition) is 1. The van der Waals surface area contributed by atoms with Gasteiger partial charge in [-0.25, -0.2) is 0 Å². The van der Waals surface area contributed by atoms with Gasteiger partial charge in [-0.05, 0) is 19.1 Å². The van der Waals surface area contributed by atoms with Gasteiger partial charge in [-0.1, -0.05) is 0 Å². The molecule has 0 atom stereocenters. The summed E-state index contributed by atoms with van der Waals surface area (Å²) in [5, 5.41) is 2.75. The molecule has 20 heavy (non-hydrogen) atoms. The summed E-state index contributed by atoms with van der Waals surface area (Å²) in [7, 11) is 0. The van der Waals surface area contributed by atoms with Crippen molar-refractivity contribution in [3.63, 3.8) is 0 Å². The standard InChI is InChI=1S/C14H18N2O4/c1-10-2-3-11(20-10)6-8-15-12(17)7-9-16-13(18)4-5-14(16)19/h2-3H,4-9H2,1H3,(H,15,17). The maximum atomic E-state index is 11.6. The number of likely N-dealkylation sites (tertiary alicyclic amines) is 1. The molecule has 1 aromatic heterocycles. The van der Waals surface area contributed by atoms with E-state index in [0.29, 0.717) is 13.0 Å². The Morgan fingerprint density at radius 1 is 1.30 bits per heavy atom. The topological polar surface area (TPSA) is 79.6 Å². The average molecular weight is 278 g/mol. The minimum absolute atomic E-state index is 0.147. The number of nitrogens with zero attached hydrogens (tertiary/aromatic N) is 1. The van der Waals surface area contributed by atoms with Crippen LogP contribution in [-0.4, -0.2) is 35.7 Å². The van der Waals surface area contributed by atoms with Crippen LogP contribution in [0, 0.1) is 6.92 Å². The van der Waals surface area contributed by atoms with E-state index in [-0.39, 0.29) is 43.5 Å². The quantitative estimate of drug-likeness (QED) is 0.780. The number of carbonyl (C=O) groups is 3. The Kier molecular flexibility index (Phi) is 4.55. The van der Waals surface area contributed by atoms with Gasteiger partial charge >= 0.3 is 0 Å². The smallest absolute Gasteiger partial charge is 0.229 e. The molecular weight excluding hydrogens is 260 g/mol. The fraction of sp³-hybridized carbons (Fsp3) is 0.500. The molecule has 1 fully saturated rings. The highest BCUT2D eigenvalue weighted by Crippen LogP contribution is 2.11. The van der Waals surface area contributed by atoms with E-state index < -0.39 is 0 Å². The van der Waals surface area contributed by atoms with Crippen molar-refractivity contribution in [2.24, 2.45) is 0 Å². The molecule has 1 aliphatic heterocycles. The zero-order chi connectivity index (χ0) is 14.5. The predicted molar refractivity (Wildman–Crippen MR) is 70.7 cm³/mol. The third kappa shape index (κ3) is 3.69. The number of hydrogen-bond acceptors (Lipinski definition) is 4. The molecule has 0 aliphatic carbocycles. The SMILES string of the molecule is Cc1ccc(CCNC(=O)CCN2C(=O)CCC2=O)o1. The highest BCUT2D eigenvalue weighted by atomic mass is 16.3. The molecule has 0 saturated carbocycles. The van der Waals surface area contributed by atoms with Gasteiger partial charge in [0.25, 0.3) is 0 Å². The molecule has 0 bridgehead atoms. The van der Waals surface area contributed by atoms with Crippen LogP contribution >= 0.6 is 0 Å². The van der Waals surface area contributed by atoms with Crippen LogP contribution in [0.2, 0.25) is 0 Å². The van der Waals surface area contributed by atoms with Crippen molar-refractivity contribution in [1.29, 1.82) is 0 Å². The highest BCUT2D eigenvalue weighted by molar-refractivity contribution is 6.02. The Balaban J connectivity index is 1.65. The zero-order valence-corrected chi connectivity index (χ0v) is 11.5. The fourth-order valence-corrected chi connectivity index (χ4v) is 2.12. The average Bonchev–Trinajstić information content (AvgIpc) is 2.95. The van der Waals surface area contributed by atoms with Gasteiger partial charge in [0.2, 0.25) is 17.7 Å². The third-order valence-corrected chi connectivity index (χ3v) is 3.21. The molecule has 2 rings (SSSR count). The van der Waals surface area contributed by atoms with E-state index >= 15 is 0 Å². The first-order valence-electron chi connectivity index (χ1n) is 6.71. The number of carbonyl (C=O) groups excluding carboxylic acids is 3. The molecule has 0 unspecified atom stereocenters. The Morgan fingerprint density at radius 2 is 2.00 bits per heavy atom. The largest absolute Gasteiger partial charge is 0.466 e. The molecule has 1 N–H and O–H groups in total. The van der Waals surface area contributed by atoms with E-state index in [1.165, 1.54) is 0 Å². The zero-order valence-electron chi connectivity index (χ0n) is 11.5. The van der Waals surface area contributed by atoms with Crippen molar-refractivity contribution in [1.82, 2.24) is 10.2 Å². The number of imide groups is 1. The van der Waals surface area contributed by atoms with Crippen molar-refractivity contribution in [3.05, 3.63) is 23.7 Å². The summed E-state index contributed by atoms with van der Waals surface area (Å²) in [6, 6.07) is 3.75. The minimum atomic E-state index is -0.186. The maximum Gasteiger partial charge on any atom is 0.229 e. The summed E-state index contributed by atoms with van der Waals surface area (Å²) in [5.74, 6) is 1.13. The Bertz CT molecular complexity index is 505. The lowest BCUT2D eigenvalue weighted by molar-refractivity contribution is -0.138. The number of furan rings is 1. The van der Waals surface area contributed by atoms with E-state index in [1.54, 1.807) is 0 Å². The molecule has 1 aromatic rings. The van der Waals surface area contributed by atoms with Crippen LogP contribution < -0.4 is 5.32 Å². The maximum absolute atomic E-state index is 11.6. The molecule has 3 amide bonds. The van der Waals surface area contributed by atoms with Crippen LogP contribution in [-0.2, 0) is 20.8 Å². The summed E-state index contributed by atoms with van der Waals surface area (Å²) in [6.07, 6.45) is 1.30. The normalized spacial score (nSPS) is 14.9. The number of nitrogens with one attached hydrogen (secondary N) is 1. The first-order chi connectivity index (χ1) is 9.56. The fourth-order valence-electron chi connectivity index (χ4n) is 2.12. The molecule has 108 valence electrons. The van der Waals surface area contributed by atoms with Crippen molar-refractivity contribution in [2.45, 2.75) is 32.6 Å². The highest BCUT2D eigenvalue weighted by Gasteiger charge is 2.28. The summed E-state index contributed by atoms with van der Waals surface area (Å²) >= 11 is 0. The number of rotatable bonds is 6. The van der Waals surface area contributed by atoms with E-state index in [4.69, 9.17) is 4.42 Å². The molecule has 0 spiro atoms.